The van der Waals surface area contributed by atoms with Crippen LogP contribution in [0.4, 0.5) is 5.69 Å². The molecular formula is C16H21NO3. The molecule has 0 aromatic heterocycles. The Morgan fingerprint density at radius 3 is 2.70 bits per heavy atom. The molecular weight excluding hydrogens is 254 g/mol. The van der Waals surface area contributed by atoms with Crippen molar-refractivity contribution in [3.63, 3.8) is 0 Å². The number of aliphatic hydroxyl groups is 1. The molecule has 0 radical (unpaired) electrons. The Labute approximate surface area is 119 Å². The molecule has 4 nitrogen and oxygen atoms in total. The topological polar surface area (TPSA) is 57.6 Å². The van der Waals surface area contributed by atoms with Gasteiger partial charge in [0.2, 0.25) is 0 Å². The first-order valence-corrected chi connectivity index (χ1v) is 7.05. The summed E-state index contributed by atoms with van der Waals surface area (Å²) >= 11 is 0. The number of unbranched alkanes of at least 4 members (excludes halogenated alkanes) is 1. The minimum absolute atomic E-state index is 0.162. The van der Waals surface area contributed by atoms with Crippen LogP contribution in [0, 0.1) is 6.92 Å². The van der Waals surface area contributed by atoms with Crippen LogP contribution >= 0.6 is 0 Å². The highest BCUT2D eigenvalue weighted by Crippen LogP contribution is 2.44. The molecule has 108 valence electrons. The van der Waals surface area contributed by atoms with Gasteiger partial charge in [-0.15, -0.1) is 0 Å². The number of anilines is 1. The number of aryl methyl sites for hydroxylation is 1. The van der Waals surface area contributed by atoms with Crippen LogP contribution < -0.4 is 4.90 Å². The number of para-hydroxylation sites is 1. The van der Waals surface area contributed by atoms with Crippen LogP contribution in [0.3, 0.4) is 0 Å². The van der Waals surface area contributed by atoms with Crippen LogP contribution in [0.15, 0.2) is 18.2 Å². The van der Waals surface area contributed by atoms with Crippen molar-refractivity contribution < 1.29 is 14.7 Å². The van der Waals surface area contributed by atoms with Gasteiger partial charge in [0.05, 0.1) is 5.69 Å². The lowest BCUT2D eigenvalue weighted by molar-refractivity contribution is -0.141. The molecule has 1 heterocycles. The number of ketones is 1. The van der Waals surface area contributed by atoms with Crippen LogP contribution in [0.25, 0.3) is 0 Å². The fourth-order valence-electron chi connectivity index (χ4n) is 2.85. The number of rotatable bonds is 5. The lowest BCUT2D eigenvalue weighted by atomic mass is 9.89. The third kappa shape index (κ3) is 2.24. The number of fused-ring (bicyclic) bond motifs is 1. The van der Waals surface area contributed by atoms with Gasteiger partial charge in [0.1, 0.15) is 5.78 Å². The first-order chi connectivity index (χ1) is 9.41. The molecule has 20 heavy (non-hydrogen) atoms. The summed E-state index contributed by atoms with van der Waals surface area (Å²) in [4.78, 5) is 25.7. The largest absolute Gasteiger partial charge is 0.375 e. The van der Waals surface area contributed by atoms with E-state index >= 15 is 0 Å². The summed E-state index contributed by atoms with van der Waals surface area (Å²) in [6.07, 6.45) is 1.68. The van der Waals surface area contributed by atoms with Crippen molar-refractivity contribution in [2.45, 2.75) is 45.6 Å². The van der Waals surface area contributed by atoms with Gasteiger partial charge >= 0.3 is 0 Å². The van der Waals surface area contributed by atoms with Gasteiger partial charge in [-0.3, -0.25) is 9.59 Å². The van der Waals surface area contributed by atoms with E-state index in [4.69, 9.17) is 0 Å². The molecule has 0 spiro atoms. The van der Waals surface area contributed by atoms with E-state index in [2.05, 4.69) is 6.92 Å². The standard InChI is InChI=1S/C16H21NO3/c1-4-5-9-17-14-11(2)7-6-8-13(14)16(20,15(17)19)10-12(3)18/h6-8,20H,4-5,9-10H2,1-3H3/t16-/m1/s1. The highest BCUT2D eigenvalue weighted by molar-refractivity contribution is 6.09. The monoisotopic (exact) mass is 275 g/mol. The second-order valence-electron chi connectivity index (χ2n) is 5.52. The lowest BCUT2D eigenvalue weighted by Crippen LogP contribution is -2.42. The molecule has 4 heteroatoms. The van der Waals surface area contributed by atoms with E-state index in [-0.39, 0.29) is 18.1 Å². The van der Waals surface area contributed by atoms with Crippen LogP contribution in [0.5, 0.6) is 0 Å². The van der Waals surface area contributed by atoms with Crippen molar-refractivity contribution in [3.05, 3.63) is 29.3 Å². The maximum absolute atomic E-state index is 12.6. The van der Waals surface area contributed by atoms with E-state index in [1.54, 1.807) is 11.0 Å². The Bertz CT molecular complexity index is 553. The molecule has 1 aromatic carbocycles. The van der Waals surface area contributed by atoms with Gasteiger partial charge < -0.3 is 10.0 Å². The van der Waals surface area contributed by atoms with E-state index in [0.717, 1.165) is 24.1 Å². The molecule has 1 amide bonds. The van der Waals surface area contributed by atoms with Crippen molar-refractivity contribution in [1.82, 2.24) is 0 Å². The zero-order valence-corrected chi connectivity index (χ0v) is 12.3. The van der Waals surface area contributed by atoms with Gasteiger partial charge in [-0.1, -0.05) is 31.5 Å². The normalized spacial score (nSPS) is 21.2. The lowest BCUT2D eigenvalue weighted by Gasteiger charge is -2.22. The number of nitrogens with zero attached hydrogens (tertiary/aromatic N) is 1. The van der Waals surface area contributed by atoms with E-state index < -0.39 is 5.60 Å². The van der Waals surface area contributed by atoms with Crippen LogP contribution in [0.1, 0.15) is 44.2 Å². The van der Waals surface area contributed by atoms with Gasteiger partial charge in [0, 0.05) is 18.5 Å². The first-order valence-electron chi connectivity index (χ1n) is 7.05. The number of benzene rings is 1. The molecule has 1 aromatic rings. The molecule has 1 N–H and O–H groups in total. The number of carbonyl (C=O) groups is 2. The Morgan fingerprint density at radius 1 is 1.40 bits per heavy atom. The molecule has 2 rings (SSSR count). The van der Waals surface area contributed by atoms with Crippen molar-refractivity contribution in [3.8, 4) is 0 Å². The van der Waals surface area contributed by atoms with Crippen LogP contribution in [0.2, 0.25) is 0 Å². The van der Waals surface area contributed by atoms with E-state index in [0.29, 0.717) is 12.1 Å². The second kappa shape index (κ2) is 5.37. The number of Topliss-reactive ketones (excluding diaryl/α,β-unsaturated/α-hetero) is 1. The Kier molecular flexibility index (Phi) is 3.95. The van der Waals surface area contributed by atoms with E-state index in [1.165, 1.54) is 6.92 Å². The number of hydrogen-bond donors (Lipinski definition) is 1. The van der Waals surface area contributed by atoms with Crippen LogP contribution in [-0.2, 0) is 15.2 Å². The van der Waals surface area contributed by atoms with Crippen molar-refractivity contribution in [2.24, 2.45) is 0 Å². The summed E-state index contributed by atoms with van der Waals surface area (Å²) in [6.45, 7) is 5.95. The summed E-state index contributed by atoms with van der Waals surface area (Å²) in [7, 11) is 0. The van der Waals surface area contributed by atoms with Gasteiger partial charge in [0.15, 0.2) is 5.60 Å². The quantitative estimate of drug-likeness (QED) is 0.897. The van der Waals surface area contributed by atoms with Gasteiger partial charge in [-0.05, 0) is 25.8 Å². The fourth-order valence-corrected chi connectivity index (χ4v) is 2.85. The smallest absolute Gasteiger partial charge is 0.264 e. The summed E-state index contributed by atoms with van der Waals surface area (Å²) in [5.74, 6) is -0.559. The maximum atomic E-state index is 12.6. The molecule has 1 aliphatic heterocycles. The minimum atomic E-state index is -1.69. The molecule has 0 saturated carbocycles. The average Bonchev–Trinajstić information content (AvgIpc) is 2.58. The molecule has 1 atom stereocenters. The molecule has 0 unspecified atom stereocenters. The molecule has 1 aliphatic rings. The van der Waals surface area contributed by atoms with Crippen molar-refractivity contribution in [2.75, 3.05) is 11.4 Å². The summed E-state index contributed by atoms with van der Waals surface area (Å²) in [5.41, 5.74) is 0.593. The Balaban J connectivity index is 2.52. The number of carbonyl (C=O) groups excluding carboxylic acids is 2. The van der Waals surface area contributed by atoms with Crippen molar-refractivity contribution in [1.29, 1.82) is 0 Å². The highest BCUT2D eigenvalue weighted by atomic mass is 16.3. The van der Waals surface area contributed by atoms with E-state index in [1.807, 2.05) is 19.1 Å². The zero-order valence-electron chi connectivity index (χ0n) is 12.3. The molecule has 0 fully saturated rings. The highest BCUT2D eigenvalue weighted by Gasteiger charge is 2.50. The molecule has 0 saturated heterocycles. The van der Waals surface area contributed by atoms with E-state index in [9.17, 15) is 14.7 Å². The third-order valence-corrected chi connectivity index (χ3v) is 3.79. The number of hydrogen-bond acceptors (Lipinski definition) is 3. The second-order valence-corrected chi connectivity index (χ2v) is 5.52. The Hall–Kier alpha value is -1.68. The third-order valence-electron chi connectivity index (χ3n) is 3.79. The average molecular weight is 275 g/mol. The minimum Gasteiger partial charge on any atom is -0.375 e. The van der Waals surface area contributed by atoms with Gasteiger partial charge in [-0.25, -0.2) is 0 Å². The Morgan fingerprint density at radius 2 is 2.10 bits per heavy atom. The molecule has 0 aliphatic carbocycles. The maximum Gasteiger partial charge on any atom is 0.264 e. The van der Waals surface area contributed by atoms with Crippen molar-refractivity contribution >= 4 is 17.4 Å². The summed E-state index contributed by atoms with van der Waals surface area (Å²) in [5, 5.41) is 10.8. The molecule has 0 bridgehead atoms. The van der Waals surface area contributed by atoms with Gasteiger partial charge in [-0.2, -0.15) is 0 Å². The first kappa shape index (κ1) is 14.7. The zero-order chi connectivity index (χ0) is 14.9. The fraction of sp³-hybridized carbons (Fsp3) is 0.500. The van der Waals surface area contributed by atoms with Gasteiger partial charge in [0.25, 0.3) is 5.91 Å². The predicted molar refractivity (Wildman–Crippen MR) is 77.6 cm³/mol. The van der Waals surface area contributed by atoms with Crippen LogP contribution in [-0.4, -0.2) is 23.3 Å². The summed E-state index contributed by atoms with van der Waals surface area (Å²) in [6, 6.07) is 5.48. The summed E-state index contributed by atoms with van der Waals surface area (Å²) < 4.78 is 0. The predicted octanol–water partition coefficient (Wildman–Crippen LogP) is 2.31. The SMILES string of the molecule is CCCCN1C(=O)[C@@](O)(CC(C)=O)c2cccc(C)c21. The number of amides is 1.